The van der Waals surface area contributed by atoms with Crippen LogP contribution in [0.1, 0.15) is 5.56 Å². The Bertz CT molecular complexity index is 1910. The van der Waals surface area contributed by atoms with Crippen LogP contribution in [-0.4, -0.2) is 38.6 Å². The molecule has 0 aliphatic rings. The van der Waals surface area contributed by atoms with Crippen LogP contribution in [0.15, 0.2) is 93.3 Å². The summed E-state index contributed by atoms with van der Waals surface area (Å²) < 4.78 is 14.4. The molecule has 0 aliphatic heterocycles. The van der Waals surface area contributed by atoms with Crippen LogP contribution in [0.4, 0.5) is 0 Å². The molecule has 9 heteroatoms. The van der Waals surface area contributed by atoms with Gasteiger partial charge in [-0.15, -0.1) is 0 Å². The van der Waals surface area contributed by atoms with Crippen LogP contribution in [0.5, 0.6) is 5.75 Å². The molecule has 9 nitrogen and oxygen atoms in total. The first-order valence-corrected chi connectivity index (χ1v) is 11.5. The van der Waals surface area contributed by atoms with Crippen molar-refractivity contribution in [3.63, 3.8) is 0 Å². The summed E-state index contributed by atoms with van der Waals surface area (Å²) in [6, 6.07) is 21.7. The smallest absolute Gasteiger partial charge is 0.323 e. The Kier molecular flexibility index (Phi) is 5.30. The van der Waals surface area contributed by atoms with Crippen molar-refractivity contribution >= 4 is 45.0 Å². The summed E-state index contributed by atoms with van der Waals surface area (Å²) in [5.74, 6) is 0.263. The Balaban J connectivity index is 1.56. The highest BCUT2D eigenvalue weighted by molar-refractivity contribution is 6.00. The zero-order valence-electron chi connectivity index (χ0n) is 19.7. The van der Waals surface area contributed by atoms with Crippen LogP contribution in [-0.2, 0) is 11.3 Å². The van der Waals surface area contributed by atoms with E-state index in [4.69, 9.17) is 14.1 Å². The number of furan rings is 1. The van der Waals surface area contributed by atoms with E-state index >= 15 is 0 Å². The third-order valence-electron chi connectivity index (χ3n) is 6.15. The summed E-state index contributed by atoms with van der Waals surface area (Å²) in [4.78, 5) is 29.6. The highest BCUT2D eigenvalue weighted by Gasteiger charge is 2.18. The van der Waals surface area contributed by atoms with E-state index < -0.39 is 5.97 Å². The Morgan fingerprint density at radius 3 is 2.65 bits per heavy atom. The number of aromatic nitrogens is 3. The summed E-state index contributed by atoms with van der Waals surface area (Å²) in [5.41, 5.74) is 2.15. The number of benzene rings is 3. The number of carbonyl (C=O) groups is 1. The van der Waals surface area contributed by atoms with Gasteiger partial charge in [0.05, 0.1) is 29.6 Å². The lowest BCUT2D eigenvalue weighted by Gasteiger charge is -2.07. The summed E-state index contributed by atoms with van der Waals surface area (Å²) in [6.45, 7) is -0.197. The first-order valence-electron chi connectivity index (χ1n) is 11.5. The van der Waals surface area contributed by atoms with Gasteiger partial charge in [0, 0.05) is 22.7 Å². The SMILES string of the molecule is COc1cccc2oc(-c3nc4ccccc4c(=O)n3N=Cc3cn(CC(=O)O)c4ccccc34)cc12. The zero-order valence-corrected chi connectivity index (χ0v) is 19.7. The van der Waals surface area contributed by atoms with Gasteiger partial charge in [0.15, 0.2) is 5.76 Å². The number of hydrogen-bond acceptors (Lipinski definition) is 6. The molecule has 37 heavy (non-hydrogen) atoms. The molecular formula is C28H20N4O5. The minimum atomic E-state index is -0.957. The maximum atomic E-state index is 13.6. The Morgan fingerprint density at radius 2 is 1.84 bits per heavy atom. The summed E-state index contributed by atoms with van der Waals surface area (Å²) in [5, 5.41) is 15.8. The molecule has 0 fully saturated rings. The predicted molar refractivity (Wildman–Crippen MR) is 140 cm³/mol. The second kappa shape index (κ2) is 8.80. The molecule has 0 spiro atoms. The molecule has 6 aromatic rings. The fraction of sp³-hybridized carbons (Fsp3) is 0.0714. The van der Waals surface area contributed by atoms with Crippen molar-refractivity contribution in [1.29, 1.82) is 0 Å². The fourth-order valence-corrected chi connectivity index (χ4v) is 4.49. The van der Waals surface area contributed by atoms with Gasteiger partial charge in [0.2, 0.25) is 5.82 Å². The number of methoxy groups -OCH3 is 1. The van der Waals surface area contributed by atoms with Gasteiger partial charge in [-0.1, -0.05) is 36.4 Å². The van der Waals surface area contributed by atoms with Crippen LogP contribution >= 0.6 is 0 Å². The van der Waals surface area contributed by atoms with Crippen LogP contribution < -0.4 is 10.3 Å². The molecule has 0 amide bonds. The number of ether oxygens (including phenoxy) is 1. The average Bonchev–Trinajstić information content (AvgIpc) is 3.49. The van der Waals surface area contributed by atoms with Crippen molar-refractivity contribution < 1.29 is 19.1 Å². The van der Waals surface area contributed by atoms with Gasteiger partial charge < -0.3 is 18.8 Å². The quantitative estimate of drug-likeness (QED) is 0.336. The second-order valence-corrected chi connectivity index (χ2v) is 8.42. The van der Waals surface area contributed by atoms with Gasteiger partial charge in [-0.2, -0.15) is 9.78 Å². The lowest BCUT2D eigenvalue weighted by Crippen LogP contribution is -2.20. The average molecular weight is 492 g/mol. The second-order valence-electron chi connectivity index (χ2n) is 8.42. The number of hydrogen-bond donors (Lipinski definition) is 1. The molecule has 0 bridgehead atoms. The Labute approximate surface area is 209 Å². The topological polar surface area (TPSA) is 112 Å². The highest BCUT2D eigenvalue weighted by atomic mass is 16.5. The molecule has 3 aromatic heterocycles. The Morgan fingerprint density at radius 1 is 1.05 bits per heavy atom. The van der Waals surface area contributed by atoms with Crippen molar-refractivity contribution in [1.82, 2.24) is 14.2 Å². The lowest BCUT2D eigenvalue weighted by atomic mass is 10.2. The maximum Gasteiger partial charge on any atom is 0.323 e. The first kappa shape index (κ1) is 22.3. The van der Waals surface area contributed by atoms with Crippen molar-refractivity contribution in [3.8, 4) is 17.3 Å². The number of aliphatic carboxylic acids is 1. The maximum absolute atomic E-state index is 13.6. The van der Waals surface area contributed by atoms with Gasteiger partial charge in [-0.3, -0.25) is 9.59 Å². The normalized spacial score (nSPS) is 11.7. The summed E-state index contributed by atoms with van der Waals surface area (Å²) >= 11 is 0. The van der Waals surface area contributed by atoms with Crippen molar-refractivity contribution in [3.05, 3.63) is 94.9 Å². The summed E-state index contributed by atoms with van der Waals surface area (Å²) in [6.07, 6.45) is 3.23. The molecule has 0 aliphatic carbocycles. The van der Waals surface area contributed by atoms with E-state index in [1.165, 1.54) is 10.9 Å². The summed E-state index contributed by atoms with van der Waals surface area (Å²) in [7, 11) is 1.58. The highest BCUT2D eigenvalue weighted by Crippen LogP contribution is 2.33. The first-order chi connectivity index (χ1) is 18.0. The molecule has 1 N–H and O–H groups in total. The molecule has 0 saturated carbocycles. The Hall–Kier alpha value is -5.18. The molecule has 0 unspecified atom stereocenters. The zero-order chi connectivity index (χ0) is 25.5. The van der Waals surface area contributed by atoms with Crippen LogP contribution in [0.2, 0.25) is 0 Å². The van der Waals surface area contributed by atoms with E-state index in [-0.39, 0.29) is 17.9 Å². The van der Waals surface area contributed by atoms with Crippen molar-refractivity contribution in [2.24, 2.45) is 5.10 Å². The van der Waals surface area contributed by atoms with Crippen LogP contribution in [0.25, 0.3) is 44.4 Å². The van der Waals surface area contributed by atoms with Gasteiger partial charge in [0.25, 0.3) is 5.56 Å². The number of fused-ring (bicyclic) bond motifs is 3. The molecule has 182 valence electrons. The largest absolute Gasteiger partial charge is 0.496 e. The van der Waals surface area contributed by atoms with Gasteiger partial charge in [0.1, 0.15) is 17.9 Å². The van der Waals surface area contributed by atoms with Crippen LogP contribution in [0, 0.1) is 0 Å². The molecule has 0 radical (unpaired) electrons. The fourth-order valence-electron chi connectivity index (χ4n) is 4.49. The minimum absolute atomic E-state index is 0.197. The minimum Gasteiger partial charge on any atom is -0.496 e. The lowest BCUT2D eigenvalue weighted by molar-refractivity contribution is -0.137. The molecule has 3 aromatic carbocycles. The number of rotatable bonds is 6. The third kappa shape index (κ3) is 3.82. The van der Waals surface area contributed by atoms with Gasteiger partial charge >= 0.3 is 5.97 Å². The van der Waals surface area contributed by atoms with Crippen molar-refractivity contribution in [2.45, 2.75) is 6.54 Å². The molecular weight excluding hydrogens is 472 g/mol. The monoisotopic (exact) mass is 492 g/mol. The standard InChI is InChI=1S/C28H20N4O5/c1-36-23-11-6-12-24-20(23)13-25(37-24)27-30-21-9-4-2-8-19(21)28(35)32(27)29-14-17-15-31(16-26(33)34)22-10-5-3-7-18(17)22/h2-15H,16H2,1H3,(H,33,34). The van der Waals surface area contributed by atoms with Gasteiger partial charge in [-0.05, 0) is 36.4 Å². The van der Waals surface area contributed by atoms with E-state index in [1.807, 2.05) is 48.5 Å². The third-order valence-corrected chi connectivity index (χ3v) is 6.15. The number of carboxylic acids is 1. The predicted octanol–water partition coefficient (Wildman–Crippen LogP) is 4.74. The molecule has 0 saturated heterocycles. The molecule has 0 atom stereocenters. The molecule has 6 rings (SSSR count). The van der Waals surface area contributed by atoms with Gasteiger partial charge in [-0.25, -0.2) is 4.98 Å². The number of carboxylic acid groups (broad SMARTS) is 1. The van der Waals surface area contributed by atoms with Crippen molar-refractivity contribution in [2.75, 3.05) is 7.11 Å². The molecule has 3 heterocycles. The van der Waals surface area contributed by atoms with E-state index in [0.29, 0.717) is 33.6 Å². The van der Waals surface area contributed by atoms with Crippen LogP contribution in [0.3, 0.4) is 0 Å². The number of nitrogens with zero attached hydrogens (tertiary/aromatic N) is 4. The van der Waals surface area contributed by atoms with E-state index in [0.717, 1.165) is 16.3 Å². The number of para-hydroxylation sites is 2. The van der Waals surface area contributed by atoms with E-state index in [1.54, 1.807) is 42.1 Å². The van der Waals surface area contributed by atoms with E-state index in [9.17, 15) is 14.7 Å². The van der Waals surface area contributed by atoms with E-state index in [2.05, 4.69) is 5.10 Å².